The minimum Gasteiger partial charge on any atom is -0.356 e. The van der Waals surface area contributed by atoms with Gasteiger partial charge in [-0.25, -0.2) is 0 Å². The van der Waals surface area contributed by atoms with Crippen LogP contribution in [0.25, 0.3) is 5.70 Å². The monoisotopic (exact) mass is 242 g/mol. The summed E-state index contributed by atoms with van der Waals surface area (Å²) in [7, 11) is 0. The Bertz CT molecular complexity index is 576. The van der Waals surface area contributed by atoms with E-state index in [0.717, 1.165) is 35.4 Å². The van der Waals surface area contributed by atoms with Crippen LogP contribution < -0.4 is 10.9 Å². The van der Waals surface area contributed by atoms with Gasteiger partial charge >= 0.3 is 0 Å². The molecular formula is C15H18N2O. The quantitative estimate of drug-likeness (QED) is 0.806. The lowest BCUT2D eigenvalue weighted by Crippen LogP contribution is -2.19. The number of rotatable bonds is 5. The molecule has 18 heavy (non-hydrogen) atoms. The highest BCUT2D eigenvalue weighted by Crippen LogP contribution is 2.33. The molecule has 0 saturated heterocycles. The standard InChI is InChI=1S/C15H18N2O/c1-10(2)11(3)16-12(4)13-5-8-15(18)17(9-13)14-6-7-14/h5,8-9,14,16H,1,3-4,6-7H2,2H3. The van der Waals surface area contributed by atoms with E-state index in [1.807, 2.05) is 13.1 Å². The van der Waals surface area contributed by atoms with Crippen molar-refractivity contribution in [2.75, 3.05) is 0 Å². The molecule has 0 unspecified atom stereocenters. The molecule has 1 heterocycles. The Kier molecular flexibility index (Phi) is 3.24. The van der Waals surface area contributed by atoms with Gasteiger partial charge in [-0.15, -0.1) is 0 Å². The first-order valence-corrected chi connectivity index (χ1v) is 6.02. The van der Waals surface area contributed by atoms with E-state index in [2.05, 4.69) is 25.1 Å². The summed E-state index contributed by atoms with van der Waals surface area (Å²) in [5, 5.41) is 3.10. The maximum Gasteiger partial charge on any atom is 0.250 e. The Labute approximate surface area is 107 Å². The van der Waals surface area contributed by atoms with E-state index in [1.54, 1.807) is 16.7 Å². The molecule has 1 aromatic heterocycles. The molecule has 1 aliphatic carbocycles. The Morgan fingerprint density at radius 3 is 2.56 bits per heavy atom. The molecule has 1 N–H and O–H groups in total. The van der Waals surface area contributed by atoms with Crippen molar-refractivity contribution >= 4 is 5.70 Å². The first-order valence-electron chi connectivity index (χ1n) is 6.02. The summed E-state index contributed by atoms with van der Waals surface area (Å²) in [6, 6.07) is 3.74. The number of aromatic nitrogens is 1. The molecule has 3 nitrogen and oxygen atoms in total. The Balaban J connectivity index is 2.20. The lowest BCUT2D eigenvalue weighted by molar-refractivity contribution is 0.705. The van der Waals surface area contributed by atoms with E-state index in [0.29, 0.717) is 6.04 Å². The van der Waals surface area contributed by atoms with E-state index in [4.69, 9.17) is 0 Å². The van der Waals surface area contributed by atoms with E-state index < -0.39 is 0 Å². The summed E-state index contributed by atoms with van der Waals surface area (Å²) in [6.07, 6.45) is 4.03. The fourth-order valence-corrected chi connectivity index (χ4v) is 1.68. The molecule has 0 amide bonds. The number of nitrogens with zero attached hydrogens (tertiary/aromatic N) is 1. The third-order valence-corrected chi connectivity index (χ3v) is 3.04. The molecule has 0 bridgehead atoms. The summed E-state index contributed by atoms with van der Waals surface area (Å²) < 4.78 is 1.78. The zero-order valence-electron chi connectivity index (χ0n) is 10.7. The van der Waals surface area contributed by atoms with Gasteiger partial charge in [0.15, 0.2) is 0 Å². The fourth-order valence-electron chi connectivity index (χ4n) is 1.68. The molecule has 1 fully saturated rings. The summed E-state index contributed by atoms with van der Waals surface area (Å²) in [5.41, 5.74) is 3.30. The van der Waals surface area contributed by atoms with Gasteiger partial charge in [-0.1, -0.05) is 19.7 Å². The van der Waals surface area contributed by atoms with Gasteiger partial charge < -0.3 is 9.88 Å². The fraction of sp³-hybridized carbons (Fsp3) is 0.267. The minimum atomic E-state index is 0.0489. The van der Waals surface area contributed by atoms with E-state index in [9.17, 15) is 4.79 Å². The third kappa shape index (κ3) is 2.62. The van der Waals surface area contributed by atoms with Crippen molar-refractivity contribution in [3.63, 3.8) is 0 Å². The van der Waals surface area contributed by atoms with Gasteiger partial charge in [0.05, 0.1) is 0 Å². The highest BCUT2D eigenvalue weighted by atomic mass is 16.1. The molecule has 1 aromatic rings. The molecule has 0 spiro atoms. The largest absolute Gasteiger partial charge is 0.356 e. The van der Waals surface area contributed by atoms with Crippen LogP contribution >= 0.6 is 0 Å². The lowest BCUT2D eigenvalue weighted by Gasteiger charge is -2.13. The van der Waals surface area contributed by atoms with Gasteiger partial charge in [0.2, 0.25) is 0 Å². The molecule has 2 rings (SSSR count). The van der Waals surface area contributed by atoms with Gasteiger partial charge in [-0.2, -0.15) is 0 Å². The summed E-state index contributed by atoms with van der Waals surface area (Å²) in [5.74, 6) is 0. The molecule has 0 aliphatic heterocycles. The first kappa shape index (κ1) is 12.4. The smallest absolute Gasteiger partial charge is 0.250 e. The molecule has 3 heteroatoms. The molecule has 0 radical (unpaired) electrons. The van der Waals surface area contributed by atoms with Gasteiger partial charge in [0.1, 0.15) is 0 Å². The van der Waals surface area contributed by atoms with Gasteiger partial charge in [-0.05, 0) is 31.4 Å². The van der Waals surface area contributed by atoms with Crippen LogP contribution in [0.15, 0.2) is 54.1 Å². The highest BCUT2D eigenvalue weighted by molar-refractivity contribution is 5.63. The van der Waals surface area contributed by atoms with Crippen molar-refractivity contribution in [2.45, 2.75) is 25.8 Å². The molecular weight excluding hydrogens is 224 g/mol. The maximum absolute atomic E-state index is 11.7. The van der Waals surface area contributed by atoms with Crippen LogP contribution in [0.1, 0.15) is 31.4 Å². The second-order valence-electron chi connectivity index (χ2n) is 4.76. The number of hydrogen-bond donors (Lipinski definition) is 1. The van der Waals surface area contributed by atoms with Crippen LogP contribution in [0, 0.1) is 0 Å². The molecule has 0 aromatic carbocycles. The van der Waals surface area contributed by atoms with Crippen molar-refractivity contribution in [3.05, 3.63) is 65.3 Å². The average Bonchev–Trinajstić information content (AvgIpc) is 3.13. The van der Waals surface area contributed by atoms with Gasteiger partial charge in [0, 0.05) is 35.3 Å². The zero-order valence-corrected chi connectivity index (χ0v) is 10.7. The van der Waals surface area contributed by atoms with Crippen LogP contribution in [-0.4, -0.2) is 4.57 Å². The zero-order chi connectivity index (χ0) is 13.3. The third-order valence-electron chi connectivity index (χ3n) is 3.04. The van der Waals surface area contributed by atoms with Crippen molar-refractivity contribution in [1.29, 1.82) is 0 Å². The lowest BCUT2D eigenvalue weighted by atomic mass is 10.2. The van der Waals surface area contributed by atoms with Crippen LogP contribution in [0.5, 0.6) is 0 Å². The first-order chi connectivity index (χ1) is 8.49. The predicted octanol–water partition coefficient (Wildman–Crippen LogP) is 2.83. The van der Waals surface area contributed by atoms with Crippen molar-refractivity contribution in [2.24, 2.45) is 0 Å². The summed E-state index contributed by atoms with van der Waals surface area (Å²) in [6.45, 7) is 13.5. The molecule has 1 aliphatic rings. The highest BCUT2D eigenvalue weighted by Gasteiger charge is 2.24. The van der Waals surface area contributed by atoms with Crippen LogP contribution in [0.2, 0.25) is 0 Å². The SMILES string of the molecule is C=C(C)C(=C)NC(=C)c1ccc(=O)n(C2CC2)c1. The predicted molar refractivity (Wildman–Crippen MR) is 75.1 cm³/mol. The van der Waals surface area contributed by atoms with Crippen LogP contribution in [0.4, 0.5) is 0 Å². The second kappa shape index (κ2) is 4.69. The number of hydrogen-bond acceptors (Lipinski definition) is 2. The van der Waals surface area contributed by atoms with E-state index >= 15 is 0 Å². The topological polar surface area (TPSA) is 34.0 Å². The van der Waals surface area contributed by atoms with Gasteiger partial charge in [-0.3, -0.25) is 4.79 Å². The van der Waals surface area contributed by atoms with Crippen LogP contribution in [-0.2, 0) is 0 Å². The second-order valence-corrected chi connectivity index (χ2v) is 4.76. The summed E-state index contributed by atoms with van der Waals surface area (Å²) >= 11 is 0. The molecule has 1 saturated carbocycles. The van der Waals surface area contributed by atoms with Crippen LogP contribution in [0.3, 0.4) is 0 Å². The van der Waals surface area contributed by atoms with E-state index in [1.165, 1.54) is 0 Å². The normalized spacial score (nSPS) is 14.1. The Morgan fingerprint density at radius 2 is 2.00 bits per heavy atom. The molecule has 94 valence electrons. The van der Waals surface area contributed by atoms with Crippen molar-refractivity contribution in [3.8, 4) is 0 Å². The minimum absolute atomic E-state index is 0.0489. The Morgan fingerprint density at radius 1 is 1.33 bits per heavy atom. The summed E-state index contributed by atoms with van der Waals surface area (Å²) in [4.78, 5) is 11.7. The van der Waals surface area contributed by atoms with Gasteiger partial charge in [0.25, 0.3) is 5.56 Å². The Hall–Kier alpha value is -2.03. The number of nitrogens with one attached hydrogen (secondary N) is 1. The average molecular weight is 242 g/mol. The van der Waals surface area contributed by atoms with E-state index in [-0.39, 0.29) is 5.56 Å². The maximum atomic E-state index is 11.7. The van der Waals surface area contributed by atoms with Crippen molar-refractivity contribution in [1.82, 2.24) is 9.88 Å². The van der Waals surface area contributed by atoms with Crippen molar-refractivity contribution < 1.29 is 0 Å². The number of pyridine rings is 1. The molecule has 0 atom stereocenters. The number of allylic oxidation sites excluding steroid dienone is 1.